The Hall–Kier alpha value is -1.93. The van der Waals surface area contributed by atoms with Gasteiger partial charge in [-0.2, -0.15) is 5.10 Å². The number of ether oxygens (including phenoxy) is 1. The normalized spacial score (nSPS) is 11.8. The monoisotopic (exact) mass is 378 g/mol. The number of nitrogens with one attached hydrogen (secondary N) is 2. The second-order valence-electron chi connectivity index (χ2n) is 6.16. The Labute approximate surface area is 159 Å². The molecule has 2 rings (SSSR count). The van der Waals surface area contributed by atoms with Crippen LogP contribution in [0.1, 0.15) is 39.5 Å². The summed E-state index contributed by atoms with van der Waals surface area (Å²) < 4.78 is 7.14. The Kier molecular flexibility index (Phi) is 7.59. The molecule has 26 heavy (non-hydrogen) atoms. The van der Waals surface area contributed by atoms with E-state index in [9.17, 15) is 0 Å². The Bertz CT molecular complexity index is 730. The number of hydrogen-bond acceptors (Lipinski definition) is 5. The zero-order valence-corrected chi connectivity index (χ0v) is 17.5. The van der Waals surface area contributed by atoms with Crippen molar-refractivity contribution in [2.24, 2.45) is 4.99 Å². The van der Waals surface area contributed by atoms with Crippen molar-refractivity contribution < 1.29 is 4.74 Å². The molecule has 8 heteroatoms. The number of nitrogens with zero attached hydrogens (tertiary/aromatic N) is 4. The lowest BCUT2D eigenvalue weighted by Crippen LogP contribution is -2.36. The van der Waals surface area contributed by atoms with Crippen LogP contribution in [0.3, 0.4) is 0 Å². The summed E-state index contributed by atoms with van der Waals surface area (Å²) in [6.45, 7) is 13.8. The predicted molar refractivity (Wildman–Crippen MR) is 107 cm³/mol. The number of hydrogen-bond donors (Lipinski definition) is 2. The van der Waals surface area contributed by atoms with E-state index < -0.39 is 0 Å². The van der Waals surface area contributed by atoms with Crippen LogP contribution in [0.2, 0.25) is 0 Å². The average molecular weight is 379 g/mol. The summed E-state index contributed by atoms with van der Waals surface area (Å²) in [4.78, 5) is 10.6. The van der Waals surface area contributed by atoms with Gasteiger partial charge in [0.15, 0.2) is 5.96 Å². The average Bonchev–Trinajstić information content (AvgIpc) is 3.07. The molecule has 144 valence electrons. The van der Waals surface area contributed by atoms with Gasteiger partial charge in [0.2, 0.25) is 0 Å². The smallest absolute Gasteiger partial charge is 0.191 e. The second-order valence-corrected chi connectivity index (χ2v) is 7.45. The van der Waals surface area contributed by atoms with Crippen molar-refractivity contribution >= 4 is 17.3 Å². The molecule has 0 aliphatic carbocycles. The van der Waals surface area contributed by atoms with Gasteiger partial charge >= 0.3 is 0 Å². The molecular formula is C18H30N6OS. The number of aliphatic imine (C=N–C) groups is 1. The predicted octanol–water partition coefficient (Wildman–Crippen LogP) is 2.47. The molecule has 7 nitrogen and oxygen atoms in total. The van der Waals surface area contributed by atoms with Crippen LogP contribution in [0.4, 0.5) is 0 Å². The SMILES string of the molecule is CCNC(=NCc1c(C)nn(CCOC)c1C)NCc1nc(C)c(C)s1. The third-order valence-electron chi connectivity index (χ3n) is 4.26. The molecule has 0 amide bonds. The molecule has 0 unspecified atom stereocenters. The van der Waals surface area contributed by atoms with Gasteiger partial charge in [0.05, 0.1) is 37.6 Å². The molecule has 2 aromatic rings. The summed E-state index contributed by atoms with van der Waals surface area (Å²) in [7, 11) is 1.71. The molecule has 0 aromatic carbocycles. The third kappa shape index (κ3) is 5.28. The van der Waals surface area contributed by atoms with E-state index in [1.807, 2.05) is 18.5 Å². The lowest BCUT2D eigenvalue weighted by molar-refractivity contribution is 0.182. The first-order valence-electron chi connectivity index (χ1n) is 8.93. The number of thiazole rings is 1. The molecular weight excluding hydrogens is 348 g/mol. The van der Waals surface area contributed by atoms with Crippen LogP contribution in [0.5, 0.6) is 0 Å². The van der Waals surface area contributed by atoms with Gasteiger partial charge in [-0.15, -0.1) is 11.3 Å². The van der Waals surface area contributed by atoms with Crippen LogP contribution in [-0.4, -0.2) is 41.0 Å². The van der Waals surface area contributed by atoms with Crippen molar-refractivity contribution in [2.75, 3.05) is 20.3 Å². The summed E-state index contributed by atoms with van der Waals surface area (Å²) in [6, 6.07) is 0. The highest BCUT2D eigenvalue weighted by Crippen LogP contribution is 2.16. The quantitative estimate of drug-likeness (QED) is 0.545. The van der Waals surface area contributed by atoms with Crippen LogP contribution in [0, 0.1) is 27.7 Å². The van der Waals surface area contributed by atoms with E-state index in [4.69, 9.17) is 9.73 Å². The van der Waals surface area contributed by atoms with E-state index in [0.717, 1.165) is 41.1 Å². The molecule has 2 heterocycles. The first-order valence-corrected chi connectivity index (χ1v) is 9.74. The summed E-state index contributed by atoms with van der Waals surface area (Å²) in [5.74, 6) is 0.793. The Morgan fingerprint density at radius 3 is 2.58 bits per heavy atom. The standard InChI is InChI=1S/C18H30N6OS/c1-7-19-18(21-11-17-22-12(2)15(5)26-17)20-10-16-13(3)23-24(14(16)4)8-9-25-6/h7-11H2,1-6H3,(H2,19,20,21). The van der Waals surface area contributed by atoms with E-state index in [1.54, 1.807) is 18.4 Å². The number of methoxy groups -OCH3 is 1. The van der Waals surface area contributed by atoms with Crippen molar-refractivity contribution in [3.8, 4) is 0 Å². The molecule has 0 radical (unpaired) electrons. The minimum atomic E-state index is 0.593. The van der Waals surface area contributed by atoms with Crippen LogP contribution in [-0.2, 0) is 24.4 Å². The minimum Gasteiger partial charge on any atom is -0.383 e. The number of aromatic nitrogens is 3. The first-order chi connectivity index (χ1) is 12.5. The second kappa shape index (κ2) is 9.68. The van der Waals surface area contributed by atoms with Gasteiger partial charge in [-0.3, -0.25) is 4.68 Å². The Morgan fingerprint density at radius 2 is 1.96 bits per heavy atom. The lowest BCUT2D eigenvalue weighted by atomic mass is 10.2. The van der Waals surface area contributed by atoms with Gasteiger partial charge in [0, 0.05) is 29.8 Å². The maximum atomic E-state index is 5.15. The Balaban J connectivity index is 2.05. The number of rotatable bonds is 8. The molecule has 0 atom stereocenters. The molecule has 0 saturated carbocycles. The zero-order valence-electron chi connectivity index (χ0n) is 16.6. The van der Waals surface area contributed by atoms with Gasteiger partial charge in [-0.25, -0.2) is 9.98 Å². The molecule has 0 bridgehead atoms. The van der Waals surface area contributed by atoms with Gasteiger partial charge in [0.25, 0.3) is 0 Å². The molecule has 0 aliphatic rings. The molecule has 0 saturated heterocycles. The van der Waals surface area contributed by atoms with E-state index in [2.05, 4.69) is 41.5 Å². The van der Waals surface area contributed by atoms with Crippen LogP contribution < -0.4 is 10.6 Å². The van der Waals surface area contributed by atoms with Crippen molar-refractivity contribution in [3.63, 3.8) is 0 Å². The van der Waals surface area contributed by atoms with Gasteiger partial charge in [-0.05, 0) is 34.6 Å². The highest BCUT2D eigenvalue weighted by atomic mass is 32.1. The summed E-state index contributed by atoms with van der Waals surface area (Å²) in [6.07, 6.45) is 0. The third-order valence-corrected chi connectivity index (χ3v) is 5.33. The Morgan fingerprint density at radius 1 is 1.19 bits per heavy atom. The topological polar surface area (TPSA) is 76.4 Å². The molecule has 0 aliphatic heterocycles. The first kappa shape index (κ1) is 20.4. The zero-order chi connectivity index (χ0) is 19.1. The molecule has 0 fully saturated rings. The maximum Gasteiger partial charge on any atom is 0.191 e. The van der Waals surface area contributed by atoms with E-state index in [-0.39, 0.29) is 0 Å². The van der Waals surface area contributed by atoms with E-state index in [1.165, 1.54) is 10.4 Å². The van der Waals surface area contributed by atoms with Crippen LogP contribution >= 0.6 is 11.3 Å². The van der Waals surface area contributed by atoms with Gasteiger partial charge in [0.1, 0.15) is 5.01 Å². The molecule has 2 N–H and O–H groups in total. The molecule has 2 aromatic heterocycles. The van der Waals surface area contributed by atoms with Crippen LogP contribution in [0.25, 0.3) is 0 Å². The van der Waals surface area contributed by atoms with Gasteiger partial charge < -0.3 is 15.4 Å². The fourth-order valence-electron chi connectivity index (χ4n) is 2.63. The summed E-state index contributed by atoms with van der Waals surface area (Å²) in [5.41, 5.74) is 4.43. The highest BCUT2D eigenvalue weighted by molar-refractivity contribution is 7.11. The van der Waals surface area contributed by atoms with Crippen molar-refractivity contribution in [1.82, 2.24) is 25.4 Å². The number of guanidine groups is 1. The summed E-state index contributed by atoms with van der Waals surface area (Å²) >= 11 is 1.72. The summed E-state index contributed by atoms with van der Waals surface area (Å²) in [5, 5.41) is 12.3. The maximum absolute atomic E-state index is 5.15. The van der Waals surface area contributed by atoms with E-state index in [0.29, 0.717) is 19.7 Å². The largest absolute Gasteiger partial charge is 0.383 e. The fourth-order valence-corrected chi connectivity index (χ4v) is 3.51. The van der Waals surface area contributed by atoms with Gasteiger partial charge in [-0.1, -0.05) is 0 Å². The van der Waals surface area contributed by atoms with Crippen molar-refractivity contribution in [3.05, 3.63) is 32.5 Å². The lowest BCUT2D eigenvalue weighted by Gasteiger charge is -2.10. The van der Waals surface area contributed by atoms with Crippen molar-refractivity contribution in [2.45, 2.75) is 54.3 Å². The van der Waals surface area contributed by atoms with Crippen LogP contribution in [0.15, 0.2) is 4.99 Å². The highest BCUT2D eigenvalue weighted by Gasteiger charge is 2.11. The number of aryl methyl sites for hydroxylation is 3. The molecule has 0 spiro atoms. The van der Waals surface area contributed by atoms with Crippen molar-refractivity contribution in [1.29, 1.82) is 0 Å². The fraction of sp³-hybridized carbons (Fsp3) is 0.611. The minimum absolute atomic E-state index is 0.593. The van der Waals surface area contributed by atoms with E-state index >= 15 is 0 Å².